The van der Waals surface area contributed by atoms with Crippen molar-refractivity contribution in [2.45, 2.75) is 51.1 Å². The van der Waals surface area contributed by atoms with Crippen molar-refractivity contribution in [3.8, 4) is 0 Å². The molecule has 0 spiro atoms. The molecule has 0 radical (unpaired) electrons. The molecule has 1 amide bonds. The van der Waals surface area contributed by atoms with E-state index in [4.69, 9.17) is 5.11 Å². The highest BCUT2D eigenvalue weighted by Crippen LogP contribution is 2.18. The topological polar surface area (TPSA) is 130 Å². The predicted octanol–water partition coefficient (Wildman–Crippen LogP) is -0.317. The van der Waals surface area contributed by atoms with Gasteiger partial charge in [-0.25, -0.2) is 13.2 Å². The molecule has 1 aromatic rings. The number of sulfonamides is 1. The number of nitrogens with zero attached hydrogens (tertiary/aromatic N) is 2. The van der Waals surface area contributed by atoms with Crippen LogP contribution in [0.25, 0.3) is 0 Å². The summed E-state index contributed by atoms with van der Waals surface area (Å²) >= 11 is 0. The Bertz CT molecular complexity index is 710. The molecule has 0 aliphatic carbocycles. The summed E-state index contributed by atoms with van der Waals surface area (Å²) < 4.78 is 28.5. The second-order valence-electron chi connectivity index (χ2n) is 5.27. The molecule has 1 heterocycles. The molecular formula is C13H22N4O5S. The van der Waals surface area contributed by atoms with E-state index < -0.39 is 34.0 Å². The van der Waals surface area contributed by atoms with Crippen LogP contribution in [-0.4, -0.2) is 47.3 Å². The molecule has 0 saturated carbocycles. The molecule has 0 aromatic carbocycles. The Morgan fingerprint density at radius 3 is 2.30 bits per heavy atom. The molecule has 2 unspecified atom stereocenters. The van der Waals surface area contributed by atoms with Crippen LogP contribution in [0.4, 0.5) is 0 Å². The molecule has 23 heavy (non-hydrogen) atoms. The second-order valence-corrected chi connectivity index (χ2v) is 6.93. The average molecular weight is 346 g/mol. The van der Waals surface area contributed by atoms with E-state index in [1.807, 2.05) is 0 Å². The van der Waals surface area contributed by atoms with E-state index in [9.17, 15) is 18.0 Å². The molecule has 1 aromatic heterocycles. The zero-order chi connectivity index (χ0) is 17.9. The fourth-order valence-corrected chi connectivity index (χ4v) is 3.76. The maximum absolute atomic E-state index is 12.4. The number of aryl methyl sites for hydroxylation is 2. The van der Waals surface area contributed by atoms with Crippen LogP contribution in [0, 0.1) is 13.8 Å². The van der Waals surface area contributed by atoms with Gasteiger partial charge >= 0.3 is 5.97 Å². The monoisotopic (exact) mass is 346 g/mol. The van der Waals surface area contributed by atoms with Crippen LogP contribution in [0.1, 0.15) is 31.7 Å². The molecule has 0 saturated heterocycles. The summed E-state index contributed by atoms with van der Waals surface area (Å²) in [6.07, 6.45) is 0.196. The number of carbonyl (C=O) groups excluding carboxylic acids is 1. The first-order chi connectivity index (χ1) is 10.5. The molecular weight excluding hydrogens is 324 g/mol. The van der Waals surface area contributed by atoms with Crippen LogP contribution >= 0.6 is 0 Å². The van der Waals surface area contributed by atoms with E-state index in [0.29, 0.717) is 11.4 Å². The highest BCUT2D eigenvalue weighted by Gasteiger charge is 2.29. The van der Waals surface area contributed by atoms with Gasteiger partial charge in [0.25, 0.3) is 0 Å². The Morgan fingerprint density at radius 1 is 1.35 bits per heavy atom. The minimum absolute atomic E-state index is 0.0185. The lowest BCUT2D eigenvalue weighted by Gasteiger charge is -2.17. The number of carbonyl (C=O) groups is 2. The summed E-state index contributed by atoms with van der Waals surface area (Å²) in [5, 5.41) is 15.2. The van der Waals surface area contributed by atoms with Crippen LogP contribution in [0.3, 0.4) is 0 Å². The number of hydrogen-bond donors (Lipinski definition) is 3. The first-order valence-electron chi connectivity index (χ1n) is 7.07. The Balaban J connectivity index is 2.93. The van der Waals surface area contributed by atoms with Gasteiger partial charge in [0.05, 0.1) is 17.4 Å². The third-order valence-corrected chi connectivity index (χ3v) is 5.25. The van der Waals surface area contributed by atoms with Crippen LogP contribution in [0.5, 0.6) is 0 Å². The van der Waals surface area contributed by atoms with Crippen LogP contribution in [0.15, 0.2) is 4.90 Å². The largest absolute Gasteiger partial charge is 0.480 e. The predicted molar refractivity (Wildman–Crippen MR) is 82.3 cm³/mol. The Hall–Kier alpha value is -1.94. The third kappa shape index (κ3) is 4.29. The van der Waals surface area contributed by atoms with Crippen molar-refractivity contribution in [1.82, 2.24) is 19.8 Å². The number of carboxylic acid groups (broad SMARTS) is 1. The molecule has 0 aliphatic rings. The molecule has 1 rings (SSSR count). The Morgan fingerprint density at radius 2 is 1.91 bits per heavy atom. The molecule has 3 N–H and O–H groups in total. The van der Waals surface area contributed by atoms with Crippen molar-refractivity contribution in [2.75, 3.05) is 0 Å². The molecule has 2 atom stereocenters. The van der Waals surface area contributed by atoms with Gasteiger partial charge in [-0.1, -0.05) is 6.92 Å². The van der Waals surface area contributed by atoms with Crippen LogP contribution in [-0.2, 0) is 26.7 Å². The number of nitrogens with one attached hydrogen (secondary N) is 2. The molecule has 9 nitrogen and oxygen atoms in total. The first-order valence-corrected chi connectivity index (χ1v) is 8.55. The number of rotatable bonds is 7. The lowest BCUT2D eigenvalue weighted by atomic mass is 10.2. The van der Waals surface area contributed by atoms with Crippen molar-refractivity contribution in [3.05, 3.63) is 11.4 Å². The number of amides is 1. The van der Waals surface area contributed by atoms with Crippen LogP contribution < -0.4 is 10.0 Å². The van der Waals surface area contributed by atoms with Crippen LogP contribution in [0.2, 0.25) is 0 Å². The lowest BCUT2D eigenvalue weighted by molar-refractivity contribution is -0.142. The van der Waals surface area contributed by atoms with Crippen molar-refractivity contribution < 1.29 is 23.1 Å². The standard InChI is InChI=1S/C13H22N4O5S/c1-6-10(13(19)20)14-12(18)8(3)16-23(21,22)11-7(2)15-17(5)9(11)4/h8,10,16H,6H2,1-5H3,(H,14,18)(H,19,20). The van der Waals surface area contributed by atoms with Crippen molar-refractivity contribution in [2.24, 2.45) is 7.05 Å². The van der Waals surface area contributed by atoms with E-state index in [0.717, 1.165) is 0 Å². The minimum atomic E-state index is -3.95. The second kappa shape index (κ2) is 7.09. The zero-order valence-electron chi connectivity index (χ0n) is 13.7. The van der Waals surface area contributed by atoms with Gasteiger partial charge < -0.3 is 10.4 Å². The van der Waals surface area contributed by atoms with E-state index >= 15 is 0 Å². The van der Waals surface area contributed by atoms with E-state index in [2.05, 4.69) is 15.1 Å². The summed E-state index contributed by atoms with van der Waals surface area (Å²) in [7, 11) is -2.33. The minimum Gasteiger partial charge on any atom is -0.480 e. The zero-order valence-corrected chi connectivity index (χ0v) is 14.6. The van der Waals surface area contributed by atoms with Gasteiger partial charge in [0.1, 0.15) is 10.9 Å². The first kappa shape index (κ1) is 19.1. The molecule has 0 aliphatic heterocycles. The summed E-state index contributed by atoms with van der Waals surface area (Å²) in [4.78, 5) is 22.9. The molecule has 130 valence electrons. The summed E-state index contributed by atoms with van der Waals surface area (Å²) in [6.45, 7) is 6.12. The highest BCUT2D eigenvalue weighted by atomic mass is 32.2. The summed E-state index contributed by atoms with van der Waals surface area (Å²) in [5.74, 6) is -1.88. The molecule has 10 heteroatoms. The highest BCUT2D eigenvalue weighted by molar-refractivity contribution is 7.89. The molecule has 0 bridgehead atoms. The number of hydrogen-bond acceptors (Lipinski definition) is 5. The maximum Gasteiger partial charge on any atom is 0.326 e. The van der Waals surface area contributed by atoms with E-state index in [1.165, 1.54) is 11.6 Å². The fourth-order valence-electron chi connectivity index (χ4n) is 2.12. The van der Waals surface area contributed by atoms with E-state index in [-0.39, 0.29) is 11.3 Å². The average Bonchev–Trinajstić information content (AvgIpc) is 2.68. The molecule has 0 fully saturated rings. The number of carboxylic acids is 1. The quantitative estimate of drug-likeness (QED) is 0.620. The van der Waals surface area contributed by atoms with Crippen molar-refractivity contribution in [3.63, 3.8) is 0 Å². The van der Waals surface area contributed by atoms with Gasteiger partial charge in [-0.05, 0) is 27.2 Å². The van der Waals surface area contributed by atoms with E-state index in [1.54, 1.807) is 27.8 Å². The van der Waals surface area contributed by atoms with Gasteiger partial charge in [-0.3, -0.25) is 9.48 Å². The van der Waals surface area contributed by atoms with Gasteiger partial charge in [0.2, 0.25) is 15.9 Å². The number of aromatic nitrogens is 2. The smallest absolute Gasteiger partial charge is 0.326 e. The fraction of sp³-hybridized carbons (Fsp3) is 0.615. The normalized spacial score (nSPS) is 14.3. The number of aliphatic carboxylic acids is 1. The van der Waals surface area contributed by atoms with Crippen molar-refractivity contribution in [1.29, 1.82) is 0 Å². The van der Waals surface area contributed by atoms with Gasteiger partial charge in [0, 0.05) is 7.05 Å². The summed E-state index contributed by atoms with van der Waals surface area (Å²) in [6, 6.07) is -2.18. The van der Waals surface area contributed by atoms with Gasteiger partial charge in [-0.2, -0.15) is 9.82 Å². The van der Waals surface area contributed by atoms with Gasteiger partial charge in [-0.15, -0.1) is 0 Å². The maximum atomic E-state index is 12.4. The Kier molecular flexibility index (Phi) is 5.89. The lowest BCUT2D eigenvalue weighted by Crippen LogP contribution is -2.50. The van der Waals surface area contributed by atoms with Crippen molar-refractivity contribution >= 4 is 21.9 Å². The van der Waals surface area contributed by atoms with Gasteiger partial charge in [0.15, 0.2) is 0 Å². The SMILES string of the molecule is CCC(NC(=O)C(C)NS(=O)(=O)c1c(C)nn(C)c1C)C(=O)O. The Labute approximate surface area is 135 Å². The third-order valence-electron chi connectivity index (χ3n) is 3.46. The summed E-state index contributed by atoms with van der Waals surface area (Å²) in [5.41, 5.74) is 0.765.